The highest BCUT2D eigenvalue weighted by atomic mass is 79.9. The molecule has 1 heterocycles. The number of hydrazone groups is 1. The number of rotatable bonds is 7. The first kappa shape index (κ1) is 20.5. The van der Waals surface area contributed by atoms with Crippen molar-refractivity contribution in [2.45, 2.75) is 0 Å². The van der Waals surface area contributed by atoms with Gasteiger partial charge in [0, 0.05) is 20.8 Å². The van der Waals surface area contributed by atoms with Gasteiger partial charge in [-0.05, 0) is 48.0 Å². The Morgan fingerprint density at radius 1 is 0.967 bits per heavy atom. The summed E-state index contributed by atoms with van der Waals surface area (Å²) in [7, 11) is 0. The zero-order chi connectivity index (χ0) is 20.8. The number of hydrogen-bond donors (Lipinski definition) is 1. The molecule has 0 saturated carbocycles. The van der Waals surface area contributed by atoms with Gasteiger partial charge in [0.05, 0.1) is 24.0 Å². The molecule has 0 fully saturated rings. The maximum atomic E-state index is 5.56. The highest BCUT2D eigenvalue weighted by Gasteiger charge is 2.10. The number of nitrogens with one attached hydrogen (secondary N) is 1. The first-order chi connectivity index (χ1) is 14.7. The van der Waals surface area contributed by atoms with E-state index in [2.05, 4.69) is 47.4 Å². The second-order valence-corrected chi connectivity index (χ2v) is 8.11. The summed E-state index contributed by atoms with van der Waals surface area (Å²) >= 11 is 6.89. The van der Waals surface area contributed by atoms with Crippen LogP contribution in [0, 0.1) is 0 Å². The van der Waals surface area contributed by atoms with Crippen molar-refractivity contribution in [3.8, 4) is 17.0 Å². The van der Waals surface area contributed by atoms with Gasteiger partial charge < -0.3 is 4.74 Å². The first-order valence-electron chi connectivity index (χ1n) is 9.33. The fraction of sp³-hybridized carbons (Fsp3) is 0.0870. The highest BCUT2D eigenvalue weighted by Crippen LogP contribution is 2.29. The van der Waals surface area contributed by atoms with Crippen LogP contribution in [-0.2, 0) is 0 Å². The van der Waals surface area contributed by atoms with Gasteiger partial charge in [-0.2, -0.15) is 5.10 Å². The molecule has 4 rings (SSSR count). The third-order valence-electron chi connectivity index (χ3n) is 4.31. The van der Waals surface area contributed by atoms with Gasteiger partial charge in [-0.25, -0.2) is 15.4 Å². The molecular weight excluding hydrogens is 508 g/mol. The van der Waals surface area contributed by atoms with Crippen molar-refractivity contribution in [3.05, 3.63) is 82.8 Å². The molecule has 150 valence electrons. The highest BCUT2D eigenvalue weighted by molar-refractivity contribution is 9.10. The lowest BCUT2D eigenvalue weighted by Crippen LogP contribution is -2.00. The third kappa shape index (κ3) is 5.04. The average Bonchev–Trinajstić information content (AvgIpc) is 2.79. The van der Waals surface area contributed by atoms with E-state index in [9.17, 15) is 0 Å². The van der Waals surface area contributed by atoms with Crippen LogP contribution in [0.5, 0.6) is 5.75 Å². The molecular formula is C23H18Br2N4O. The van der Waals surface area contributed by atoms with Crippen molar-refractivity contribution >= 4 is 54.9 Å². The Morgan fingerprint density at radius 3 is 2.53 bits per heavy atom. The van der Waals surface area contributed by atoms with Crippen LogP contribution >= 0.6 is 31.9 Å². The Balaban J connectivity index is 1.58. The quantitative estimate of drug-likeness (QED) is 0.175. The number of benzene rings is 3. The molecule has 0 aliphatic carbocycles. The van der Waals surface area contributed by atoms with Gasteiger partial charge in [-0.15, -0.1) is 0 Å². The predicted molar refractivity (Wildman–Crippen MR) is 130 cm³/mol. The molecule has 1 N–H and O–H groups in total. The number of hydrogen-bond acceptors (Lipinski definition) is 5. The lowest BCUT2D eigenvalue weighted by molar-refractivity contribution is 0.345. The second kappa shape index (κ2) is 9.82. The average molecular weight is 526 g/mol. The second-order valence-electron chi connectivity index (χ2n) is 6.40. The summed E-state index contributed by atoms with van der Waals surface area (Å²) in [6.45, 7) is 0.634. The van der Waals surface area contributed by atoms with Gasteiger partial charge in [-0.3, -0.25) is 0 Å². The summed E-state index contributed by atoms with van der Waals surface area (Å²) in [5.41, 5.74) is 6.63. The predicted octanol–water partition coefficient (Wildman–Crippen LogP) is 6.28. The monoisotopic (exact) mass is 524 g/mol. The lowest BCUT2D eigenvalue weighted by atomic mass is 10.1. The zero-order valence-corrected chi connectivity index (χ0v) is 19.1. The molecule has 4 aromatic rings. The number of alkyl halides is 1. The van der Waals surface area contributed by atoms with E-state index in [-0.39, 0.29) is 0 Å². The van der Waals surface area contributed by atoms with Crippen LogP contribution in [-0.4, -0.2) is 28.1 Å². The van der Waals surface area contributed by atoms with Gasteiger partial charge >= 0.3 is 0 Å². The number of aromatic nitrogens is 2. The minimum atomic E-state index is 0.442. The summed E-state index contributed by atoms with van der Waals surface area (Å²) in [6.07, 6.45) is 1.73. The van der Waals surface area contributed by atoms with Gasteiger partial charge in [0.2, 0.25) is 5.95 Å². The number of nitrogens with zero attached hydrogens (tertiary/aromatic N) is 3. The number of halogens is 2. The van der Waals surface area contributed by atoms with Crippen molar-refractivity contribution in [3.63, 3.8) is 0 Å². The fourth-order valence-corrected chi connectivity index (χ4v) is 3.46. The van der Waals surface area contributed by atoms with Gasteiger partial charge in [0.25, 0.3) is 0 Å². The number of anilines is 1. The molecule has 0 atom stereocenters. The Kier molecular flexibility index (Phi) is 6.71. The van der Waals surface area contributed by atoms with E-state index in [1.807, 2.05) is 72.8 Å². The summed E-state index contributed by atoms with van der Waals surface area (Å²) in [5, 5.41) is 6.08. The molecule has 1 aromatic heterocycles. The molecule has 30 heavy (non-hydrogen) atoms. The fourth-order valence-electron chi connectivity index (χ4n) is 2.94. The van der Waals surface area contributed by atoms with Crippen molar-refractivity contribution in [1.82, 2.24) is 9.97 Å². The number of fused-ring (bicyclic) bond motifs is 1. The zero-order valence-electron chi connectivity index (χ0n) is 15.9. The van der Waals surface area contributed by atoms with E-state index >= 15 is 0 Å². The minimum absolute atomic E-state index is 0.442. The molecule has 0 aliphatic heterocycles. The molecule has 5 nitrogen and oxygen atoms in total. The molecule has 7 heteroatoms. The standard InChI is InChI=1S/C23H18Br2N4O/c24-12-13-30-19-9-6-16(7-10-19)15-26-29-23-27-21-11-8-18(25)14-20(21)22(28-23)17-4-2-1-3-5-17/h1-11,14-15H,12-13H2,(H,27,28,29). The van der Waals surface area contributed by atoms with Crippen LogP contribution in [0.3, 0.4) is 0 Å². The Labute approximate surface area is 191 Å². The van der Waals surface area contributed by atoms with Crippen molar-refractivity contribution in [1.29, 1.82) is 0 Å². The molecule has 3 aromatic carbocycles. The van der Waals surface area contributed by atoms with E-state index in [1.54, 1.807) is 6.21 Å². The maximum Gasteiger partial charge on any atom is 0.244 e. The molecule has 0 unspecified atom stereocenters. The van der Waals surface area contributed by atoms with Crippen LogP contribution in [0.4, 0.5) is 5.95 Å². The summed E-state index contributed by atoms with van der Waals surface area (Å²) in [5.74, 6) is 1.27. The Hall–Kier alpha value is -2.77. The minimum Gasteiger partial charge on any atom is -0.493 e. The molecule has 0 radical (unpaired) electrons. The lowest BCUT2D eigenvalue weighted by Gasteiger charge is -2.09. The topological polar surface area (TPSA) is 59.4 Å². The van der Waals surface area contributed by atoms with Crippen LogP contribution in [0.1, 0.15) is 5.56 Å². The normalized spacial score (nSPS) is 11.1. The summed E-state index contributed by atoms with van der Waals surface area (Å²) < 4.78 is 6.54. The van der Waals surface area contributed by atoms with Gasteiger partial charge in [-0.1, -0.05) is 62.2 Å². The summed E-state index contributed by atoms with van der Waals surface area (Å²) in [4.78, 5) is 9.31. The van der Waals surface area contributed by atoms with E-state index in [4.69, 9.17) is 9.72 Å². The van der Waals surface area contributed by atoms with E-state index in [0.29, 0.717) is 12.6 Å². The molecule has 0 spiro atoms. The smallest absolute Gasteiger partial charge is 0.244 e. The van der Waals surface area contributed by atoms with E-state index in [0.717, 1.165) is 43.3 Å². The third-order valence-corrected chi connectivity index (χ3v) is 5.13. The Bertz CT molecular complexity index is 1170. The van der Waals surface area contributed by atoms with Crippen LogP contribution in [0.15, 0.2) is 82.4 Å². The molecule has 0 saturated heterocycles. The van der Waals surface area contributed by atoms with E-state index < -0.39 is 0 Å². The van der Waals surface area contributed by atoms with Crippen molar-refractivity contribution in [2.24, 2.45) is 5.10 Å². The van der Waals surface area contributed by atoms with Crippen LogP contribution in [0.25, 0.3) is 22.2 Å². The van der Waals surface area contributed by atoms with Crippen molar-refractivity contribution < 1.29 is 4.74 Å². The van der Waals surface area contributed by atoms with Gasteiger partial charge in [0.1, 0.15) is 5.75 Å². The maximum absolute atomic E-state index is 5.56. The van der Waals surface area contributed by atoms with Gasteiger partial charge in [0.15, 0.2) is 0 Å². The molecule has 0 bridgehead atoms. The van der Waals surface area contributed by atoms with Crippen LogP contribution < -0.4 is 10.2 Å². The molecule has 0 aliphatic rings. The Morgan fingerprint density at radius 2 is 1.77 bits per heavy atom. The summed E-state index contributed by atoms with van der Waals surface area (Å²) in [6, 6.07) is 23.8. The number of ether oxygens (including phenoxy) is 1. The largest absolute Gasteiger partial charge is 0.493 e. The first-order valence-corrected chi connectivity index (χ1v) is 11.2. The van der Waals surface area contributed by atoms with E-state index in [1.165, 1.54) is 0 Å². The SMILES string of the molecule is BrCCOc1ccc(C=NNc2nc(-c3ccccc3)c3cc(Br)ccc3n2)cc1. The van der Waals surface area contributed by atoms with Crippen LogP contribution in [0.2, 0.25) is 0 Å². The van der Waals surface area contributed by atoms with Crippen molar-refractivity contribution in [2.75, 3.05) is 17.4 Å². The molecule has 0 amide bonds.